The third kappa shape index (κ3) is 5.21. The fraction of sp³-hybridized carbons (Fsp3) is 0.375. The topological polar surface area (TPSA) is 97.0 Å². The average Bonchev–Trinajstić information content (AvgIpc) is 2.98. The summed E-state index contributed by atoms with van der Waals surface area (Å²) in [6, 6.07) is 2.35. The number of nitrogens with zero attached hydrogens (tertiary/aromatic N) is 2. The summed E-state index contributed by atoms with van der Waals surface area (Å²) >= 11 is 0. The fourth-order valence-corrected chi connectivity index (χ4v) is 1.93. The molecule has 0 aromatic carbocycles. The standard InChI is InChI=1S/C16H20N4O3/c1-16(2,3)23-15(22)13(8-12-9-18-10-19-12)20-14(21)11-4-6-17-7-5-11/h4-7,9-10,13H,8H2,1-3H3,(H,18,19)(H,20,21)/t13-/m1/s1. The smallest absolute Gasteiger partial charge is 0.329 e. The molecule has 0 unspecified atom stereocenters. The van der Waals surface area contributed by atoms with Gasteiger partial charge in [-0.1, -0.05) is 0 Å². The lowest BCUT2D eigenvalue weighted by molar-refractivity contribution is -0.157. The number of nitrogens with one attached hydrogen (secondary N) is 2. The second-order valence-electron chi connectivity index (χ2n) is 6.08. The first-order chi connectivity index (χ1) is 10.8. The third-order valence-corrected chi connectivity index (χ3v) is 2.92. The molecule has 122 valence electrons. The summed E-state index contributed by atoms with van der Waals surface area (Å²) in [4.78, 5) is 35.4. The maximum atomic E-state index is 12.4. The van der Waals surface area contributed by atoms with Crippen LogP contribution in [0.15, 0.2) is 37.1 Å². The molecule has 2 aromatic heterocycles. The SMILES string of the molecule is CC(C)(C)OC(=O)[C@@H](Cc1cnc[nH]1)NC(=O)c1ccncc1. The highest BCUT2D eigenvalue weighted by molar-refractivity contribution is 5.96. The van der Waals surface area contributed by atoms with Crippen LogP contribution in [0.5, 0.6) is 0 Å². The average molecular weight is 316 g/mol. The van der Waals surface area contributed by atoms with Crippen molar-refractivity contribution in [3.05, 3.63) is 48.3 Å². The molecule has 0 radical (unpaired) electrons. The van der Waals surface area contributed by atoms with Gasteiger partial charge < -0.3 is 15.0 Å². The Morgan fingerprint density at radius 3 is 2.52 bits per heavy atom. The van der Waals surface area contributed by atoms with Gasteiger partial charge in [0, 0.05) is 36.3 Å². The van der Waals surface area contributed by atoms with Gasteiger partial charge >= 0.3 is 5.97 Å². The van der Waals surface area contributed by atoms with Crippen LogP contribution in [0.2, 0.25) is 0 Å². The molecule has 23 heavy (non-hydrogen) atoms. The van der Waals surface area contributed by atoms with Gasteiger partial charge in [0.15, 0.2) is 0 Å². The van der Waals surface area contributed by atoms with Crippen molar-refractivity contribution in [3.63, 3.8) is 0 Å². The van der Waals surface area contributed by atoms with Crippen molar-refractivity contribution in [2.75, 3.05) is 0 Å². The Morgan fingerprint density at radius 1 is 1.26 bits per heavy atom. The molecule has 7 heteroatoms. The monoisotopic (exact) mass is 316 g/mol. The number of esters is 1. The zero-order valence-electron chi connectivity index (χ0n) is 13.4. The minimum absolute atomic E-state index is 0.270. The van der Waals surface area contributed by atoms with Crippen molar-refractivity contribution < 1.29 is 14.3 Å². The Balaban J connectivity index is 2.12. The molecule has 0 fully saturated rings. The number of rotatable bonds is 5. The highest BCUT2D eigenvalue weighted by Gasteiger charge is 2.27. The van der Waals surface area contributed by atoms with Crippen LogP contribution in [0.1, 0.15) is 36.8 Å². The van der Waals surface area contributed by atoms with Crippen molar-refractivity contribution in [3.8, 4) is 0 Å². The van der Waals surface area contributed by atoms with E-state index in [1.807, 2.05) is 0 Å². The summed E-state index contributed by atoms with van der Waals surface area (Å²) in [5.74, 6) is -0.850. The minimum atomic E-state index is -0.810. The van der Waals surface area contributed by atoms with E-state index in [4.69, 9.17) is 4.74 Å². The number of carbonyl (C=O) groups excluding carboxylic acids is 2. The number of aromatic nitrogens is 3. The van der Waals surface area contributed by atoms with Crippen molar-refractivity contribution in [1.82, 2.24) is 20.3 Å². The molecule has 2 aromatic rings. The maximum absolute atomic E-state index is 12.4. The van der Waals surface area contributed by atoms with Crippen LogP contribution < -0.4 is 5.32 Å². The van der Waals surface area contributed by atoms with Crippen LogP contribution in [-0.4, -0.2) is 38.5 Å². The molecular formula is C16H20N4O3. The van der Waals surface area contributed by atoms with Gasteiger partial charge in [-0.3, -0.25) is 9.78 Å². The molecule has 2 N–H and O–H groups in total. The Morgan fingerprint density at radius 2 is 1.96 bits per heavy atom. The number of imidazole rings is 1. The zero-order valence-corrected chi connectivity index (χ0v) is 13.4. The van der Waals surface area contributed by atoms with Gasteiger partial charge in [-0.25, -0.2) is 9.78 Å². The quantitative estimate of drug-likeness (QED) is 0.815. The second-order valence-corrected chi connectivity index (χ2v) is 6.08. The van der Waals surface area contributed by atoms with Crippen LogP contribution in [0.3, 0.4) is 0 Å². The van der Waals surface area contributed by atoms with Gasteiger partial charge in [-0.2, -0.15) is 0 Å². The van der Waals surface area contributed by atoms with Gasteiger partial charge in [-0.15, -0.1) is 0 Å². The number of hydrogen-bond acceptors (Lipinski definition) is 5. The van der Waals surface area contributed by atoms with Gasteiger partial charge in [-0.05, 0) is 32.9 Å². The van der Waals surface area contributed by atoms with Crippen LogP contribution in [-0.2, 0) is 16.0 Å². The highest BCUT2D eigenvalue weighted by atomic mass is 16.6. The van der Waals surface area contributed by atoms with E-state index >= 15 is 0 Å². The summed E-state index contributed by atoms with van der Waals surface area (Å²) in [5, 5.41) is 2.70. The van der Waals surface area contributed by atoms with E-state index < -0.39 is 17.6 Å². The van der Waals surface area contributed by atoms with Gasteiger partial charge in [0.1, 0.15) is 11.6 Å². The van der Waals surface area contributed by atoms with E-state index in [-0.39, 0.29) is 12.3 Å². The van der Waals surface area contributed by atoms with Crippen LogP contribution in [0, 0.1) is 0 Å². The first-order valence-corrected chi connectivity index (χ1v) is 7.26. The molecule has 0 saturated carbocycles. The number of H-pyrrole nitrogens is 1. The van der Waals surface area contributed by atoms with Gasteiger partial charge in [0.05, 0.1) is 6.33 Å². The third-order valence-electron chi connectivity index (χ3n) is 2.92. The van der Waals surface area contributed by atoms with E-state index in [2.05, 4.69) is 20.3 Å². The summed E-state index contributed by atoms with van der Waals surface area (Å²) in [7, 11) is 0. The molecule has 1 atom stereocenters. The molecule has 1 amide bonds. The molecule has 0 aliphatic carbocycles. The van der Waals surface area contributed by atoms with E-state index in [9.17, 15) is 9.59 Å². The largest absolute Gasteiger partial charge is 0.458 e. The van der Waals surface area contributed by atoms with Crippen molar-refractivity contribution >= 4 is 11.9 Å². The molecule has 0 aliphatic heterocycles. The van der Waals surface area contributed by atoms with E-state index in [0.717, 1.165) is 5.69 Å². The first kappa shape index (κ1) is 16.7. The summed E-state index contributed by atoms with van der Waals surface area (Å²) in [6.45, 7) is 5.34. The molecule has 0 bridgehead atoms. The Kier molecular flexibility index (Phi) is 5.10. The number of aromatic amines is 1. The lowest BCUT2D eigenvalue weighted by Gasteiger charge is -2.24. The highest BCUT2D eigenvalue weighted by Crippen LogP contribution is 2.11. The Hall–Kier alpha value is -2.70. The van der Waals surface area contributed by atoms with E-state index in [1.54, 1.807) is 39.1 Å². The lowest BCUT2D eigenvalue weighted by atomic mass is 10.1. The number of amides is 1. The molecule has 0 aliphatic rings. The molecule has 2 heterocycles. The molecule has 2 rings (SSSR count). The summed E-state index contributed by atoms with van der Waals surface area (Å²) in [5.41, 5.74) is 0.527. The normalized spacial score (nSPS) is 12.5. The minimum Gasteiger partial charge on any atom is -0.458 e. The fourth-order valence-electron chi connectivity index (χ4n) is 1.93. The predicted octanol–water partition coefficient (Wildman–Crippen LogP) is 1.49. The van der Waals surface area contributed by atoms with Crippen LogP contribution >= 0.6 is 0 Å². The van der Waals surface area contributed by atoms with Crippen LogP contribution in [0.25, 0.3) is 0 Å². The summed E-state index contributed by atoms with van der Waals surface area (Å²) < 4.78 is 5.39. The Bertz CT molecular complexity index is 648. The van der Waals surface area contributed by atoms with Crippen molar-refractivity contribution in [2.24, 2.45) is 0 Å². The second kappa shape index (κ2) is 7.04. The van der Waals surface area contributed by atoms with E-state index in [1.165, 1.54) is 18.7 Å². The summed E-state index contributed by atoms with van der Waals surface area (Å²) in [6.07, 6.45) is 6.44. The molecule has 0 spiro atoms. The van der Waals surface area contributed by atoms with E-state index in [0.29, 0.717) is 5.56 Å². The number of ether oxygens (including phenoxy) is 1. The maximum Gasteiger partial charge on any atom is 0.329 e. The van der Waals surface area contributed by atoms with Gasteiger partial charge in [0.2, 0.25) is 0 Å². The van der Waals surface area contributed by atoms with Crippen molar-refractivity contribution in [2.45, 2.75) is 38.8 Å². The first-order valence-electron chi connectivity index (χ1n) is 7.26. The van der Waals surface area contributed by atoms with Crippen molar-refractivity contribution in [1.29, 1.82) is 0 Å². The Labute approximate surface area is 134 Å². The zero-order chi connectivity index (χ0) is 16.9. The van der Waals surface area contributed by atoms with Crippen LogP contribution in [0.4, 0.5) is 0 Å². The van der Waals surface area contributed by atoms with Gasteiger partial charge in [0.25, 0.3) is 5.91 Å². The molecule has 0 saturated heterocycles. The molecule has 7 nitrogen and oxygen atoms in total. The predicted molar refractivity (Wildman–Crippen MR) is 83.6 cm³/mol. The number of carbonyl (C=O) groups is 2. The number of hydrogen-bond donors (Lipinski definition) is 2. The molecular weight excluding hydrogens is 296 g/mol. The number of pyridine rings is 1. The lowest BCUT2D eigenvalue weighted by Crippen LogP contribution is -2.45.